The first-order chi connectivity index (χ1) is 9.73. The summed E-state index contributed by atoms with van der Waals surface area (Å²) in [6.45, 7) is -0.656. The zero-order chi connectivity index (χ0) is 15.8. The summed E-state index contributed by atoms with van der Waals surface area (Å²) in [5.41, 5.74) is -1.60. The first-order valence-corrected chi connectivity index (χ1v) is 7.26. The summed E-state index contributed by atoms with van der Waals surface area (Å²) >= 11 is 0. The van der Waals surface area contributed by atoms with Crippen molar-refractivity contribution < 1.29 is 92.9 Å². The number of H-pyrrole nitrogens is 1. The van der Waals surface area contributed by atoms with Crippen LogP contribution in [-0.2, 0) is 13.8 Å². The van der Waals surface area contributed by atoms with Crippen molar-refractivity contribution in [1.82, 2.24) is 9.55 Å². The topological polar surface area (TPSA) is 171 Å². The molecule has 11 nitrogen and oxygen atoms in total. The number of ether oxygens (including phenoxy) is 1. The van der Waals surface area contributed by atoms with Gasteiger partial charge in [0.25, 0.3) is 5.56 Å². The summed E-state index contributed by atoms with van der Waals surface area (Å²) in [6.07, 6.45) is -4.79. The van der Waals surface area contributed by atoms with E-state index in [1.807, 2.05) is 4.98 Å². The molecule has 1 aromatic rings. The molecule has 4 unspecified atom stereocenters. The smallest absolute Gasteiger partial charge is 0.394 e. The maximum absolute atomic E-state index is 11.7. The quantitative estimate of drug-likeness (QED) is 0.255. The van der Waals surface area contributed by atoms with Gasteiger partial charge in [0.1, 0.15) is 18.3 Å². The van der Waals surface area contributed by atoms with E-state index in [0.717, 1.165) is 16.8 Å². The second-order valence-corrected chi connectivity index (χ2v) is 5.51. The molecule has 0 saturated carbocycles. The van der Waals surface area contributed by atoms with Crippen molar-refractivity contribution in [2.75, 3.05) is 6.61 Å². The minimum absolute atomic E-state index is 0. The van der Waals surface area contributed by atoms with Gasteiger partial charge in [-0.05, 0) is 0 Å². The summed E-state index contributed by atoms with van der Waals surface area (Å²) in [4.78, 5) is 42.3. The van der Waals surface area contributed by atoms with E-state index in [2.05, 4.69) is 4.52 Å². The summed E-state index contributed by atoms with van der Waals surface area (Å²) in [5.74, 6) is 0. The van der Waals surface area contributed by atoms with Crippen LogP contribution in [0, 0.1) is 0 Å². The normalized spacial score (nSPS) is 27.1. The number of hydrogen-bond acceptors (Lipinski definition) is 7. The summed E-state index contributed by atoms with van der Waals surface area (Å²) in [5, 5.41) is 18.9. The molecule has 1 saturated heterocycles. The molecule has 0 aliphatic carbocycles. The van der Waals surface area contributed by atoms with Crippen LogP contribution in [0.15, 0.2) is 21.9 Å². The number of aromatic nitrogens is 2. The van der Waals surface area contributed by atoms with Crippen LogP contribution < -0.4 is 70.4 Å². The van der Waals surface area contributed by atoms with Crippen molar-refractivity contribution in [3.63, 3.8) is 0 Å². The summed E-state index contributed by atoms with van der Waals surface area (Å²) < 4.78 is 21.3. The van der Waals surface area contributed by atoms with Crippen LogP contribution in [0.3, 0.4) is 0 Å². The van der Waals surface area contributed by atoms with Gasteiger partial charge < -0.3 is 24.7 Å². The van der Waals surface area contributed by atoms with Crippen molar-refractivity contribution in [3.05, 3.63) is 33.1 Å². The number of nitrogens with one attached hydrogen (secondary N) is 1. The minimum Gasteiger partial charge on any atom is -0.394 e. The number of phosphoric ester groups is 1. The van der Waals surface area contributed by atoms with Crippen LogP contribution in [0.5, 0.6) is 0 Å². The predicted molar refractivity (Wildman–Crippen MR) is 65.2 cm³/mol. The van der Waals surface area contributed by atoms with E-state index in [4.69, 9.17) is 19.6 Å². The van der Waals surface area contributed by atoms with Crippen molar-refractivity contribution in [2.45, 2.75) is 24.5 Å². The molecular formula is C9H13N2Na2O9P+2. The molecule has 0 amide bonds. The number of aliphatic hydroxyl groups excluding tert-OH is 2. The maximum atomic E-state index is 11.7. The average molecular weight is 370 g/mol. The van der Waals surface area contributed by atoms with E-state index in [1.165, 1.54) is 0 Å². The third kappa shape index (κ3) is 5.86. The van der Waals surface area contributed by atoms with Gasteiger partial charge in [0.05, 0.1) is 6.61 Å². The standard InChI is InChI=1S/C9H13N2O9P.2Na/c12-3-4-6(14)7(20-21(16,17)18)8(19-4)11-2-1-5(13)10-9(11)15;;/h1-2,4,6-8,12,14H,3H2,(H,10,13,15)(H2,16,17,18);;/q;2*+1. The van der Waals surface area contributed by atoms with E-state index in [-0.39, 0.29) is 59.1 Å². The molecule has 4 atom stereocenters. The molecule has 1 aliphatic heterocycles. The molecule has 0 radical (unpaired) electrons. The number of nitrogens with zero attached hydrogens (tertiary/aromatic N) is 1. The van der Waals surface area contributed by atoms with Gasteiger partial charge in [0, 0.05) is 12.3 Å². The van der Waals surface area contributed by atoms with Crippen molar-refractivity contribution in [2.24, 2.45) is 0 Å². The van der Waals surface area contributed by atoms with Crippen LogP contribution in [0.4, 0.5) is 0 Å². The molecule has 2 heterocycles. The maximum Gasteiger partial charge on any atom is 1.00 e. The van der Waals surface area contributed by atoms with Crippen LogP contribution in [0.1, 0.15) is 6.23 Å². The third-order valence-electron chi connectivity index (χ3n) is 2.88. The van der Waals surface area contributed by atoms with Crippen molar-refractivity contribution >= 4 is 7.82 Å². The molecule has 14 heteroatoms. The molecule has 0 aromatic carbocycles. The SMILES string of the molecule is O=c1ccn(C2OC(CO)C(O)C2OP(=O)(O)O)c(=O)[nH]1.[Na+].[Na+]. The molecule has 23 heavy (non-hydrogen) atoms. The van der Waals surface area contributed by atoms with Gasteiger partial charge in [0.15, 0.2) is 6.23 Å². The average Bonchev–Trinajstić information content (AvgIpc) is 2.65. The molecule has 2 rings (SSSR count). The van der Waals surface area contributed by atoms with Gasteiger partial charge in [-0.25, -0.2) is 9.36 Å². The Morgan fingerprint density at radius 2 is 1.96 bits per heavy atom. The molecule has 0 spiro atoms. The predicted octanol–water partition coefficient (Wildman–Crippen LogP) is -8.73. The van der Waals surface area contributed by atoms with E-state index in [0.29, 0.717) is 0 Å². The fourth-order valence-electron chi connectivity index (χ4n) is 1.99. The van der Waals surface area contributed by atoms with Gasteiger partial charge >= 0.3 is 72.6 Å². The molecule has 0 bridgehead atoms. The first kappa shape index (κ1) is 23.7. The van der Waals surface area contributed by atoms with Crippen molar-refractivity contribution in [3.8, 4) is 0 Å². The fraction of sp³-hybridized carbons (Fsp3) is 0.556. The van der Waals surface area contributed by atoms with Gasteiger partial charge in [-0.15, -0.1) is 0 Å². The van der Waals surface area contributed by atoms with E-state index in [9.17, 15) is 19.3 Å². The Kier molecular flexibility index (Phi) is 9.66. The number of aliphatic hydroxyl groups is 2. The van der Waals surface area contributed by atoms with E-state index >= 15 is 0 Å². The van der Waals surface area contributed by atoms with Gasteiger partial charge in [-0.2, -0.15) is 0 Å². The van der Waals surface area contributed by atoms with Crippen molar-refractivity contribution in [1.29, 1.82) is 0 Å². The molecule has 1 aromatic heterocycles. The summed E-state index contributed by atoms with van der Waals surface area (Å²) in [7, 11) is -4.98. The van der Waals surface area contributed by atoms with Gasteiger partial charge in [-0.3, -0.25) is 18.9 Å². The first-order valence-electron chi connectivity index (χ1n) is 5.73. The van der Waals surface area contributed by atoms with Crippen LogP contribution in [0.2, 0.25) is 0 Å². The Morgan fingerprint density at radius 1 is 1.35 bits per heavy atom. The van der Waals surface area contributed by atoms with Crippen LogP contribution >= 0.6 is 7.82 Å². The second kappa shape index (κ2) is 9.39. The fourth-order valence-corrected chi connectivity index (χ4v) is 2.54. The van der Waals surface area contributed by atoms with E-state index < -0.39 is 50.2 Å². The second-order valence-electron chi connectivity index (χ2n) is 4.32. The monoisotopic (exact) mass is 370 g/mol. The molecule has 5 N–H and O–H groups in total. The zero-order valence-electron chi connectivity index (χ0n) is 12.4. The summed E-state index contributed by atoms with van der Waals surface area (Å²) in [6, 6.07) is 0.984. The molecule has 1 fully saturated rings. The Balaban J connectivity index is 0.00000242. The molecule has 1 aliphatic rings. The Morgan fingerprint density at radius 3 is 2.43 bits per heavy atom. The minimum atomic E-state index is -4.98. The number of phosphoric acid groups is 1. The Labute approximate surface area is 173 Å². The molecule has 118 valence electrons. The van der Waals surface area contributed by atoms with Crippen LogP contribution in [-0.4, -0.2) is 54.5 Å². The Hall–Kier alpha value is 0.670. The zero-order valence-corrected chi connectivity index (χ0v) is 17.3. The van der Waals surface area contributed by atoms with Crippen LogP contribution in [0.25, 0.3) is 0 Å². The molecular weight excluding hydrogens is 357 g/mol. The Bertz CT molecular complexity index is 673. The number of rotatable bonds is 4. The number of hydrogen-bond donors (Lipinski definition) is 5. The van der Waals surface area contributed by atoms with Gasteiger partial charge in [-0.1, -0.05) is 0 Å². The van der Waals surface area contributed by atoms with Gasteiger partial charge in [0.2, 0.25) is 0 Å². The number of aromatic amines is 1. The van der Waals surface area contributed by atoms with E-state index in [1.54, 1.807) is 0 Å². The largest absolute Gasteiger partial charge is 1.00 e. The third-order valence-corrected chi connectivity index (χ3v) is 3.40.